The minimum atomic E-state index is -0.398. The summed E-state index contributed by atoms with van der Waals surface area (Å²) in [6, 6.07) is -0.195. The minimum absolute atomic E-state index is 0.0253. The Bertz CT molecular complexity index is 286. The van der Waals surface area contributed by atoms with Crippen LogP contribution in [0.5, 0.6) is 0 Å². The van der Waals surface area contributed by atoms with Crippen LogP contribution in [-0.2, 0) is 4.79 Å². The molecule has 1 saturated carbocycles. The fourth-order valence-electron chi connectivity index (χ4n) is 2.82. The van der Waals surface area contributed by atoms with Gasteiger partial charge in [0.05, 0.1) is 12.1 Å². The summed E-state index contributed by atoms with van der Waals surface area (Å²) in [6.07, 6.45) is 5.72. The van der Waals surface area contributed by atoms with E-state index in [1.54, 1.807) is 0 Å². The van der Waals surface area contributed by atoms with Gasteiger partial charge >= 0.3 is 0 Å². The predicted octanol–water partition coefficient (Wildman–Crippen LogP) is 1.95. The van der Waals surface area contributed by atoms with Crippen LogP contribution < -0.4 is 11.1 Å². The number of aliphatic hydroxyl groups is 1. The quantitative estimate of drug-likeness (QED) is 0.683. The van der Waals surface area contributed by atoms with Gasteiger partial charge in [-0.05, 0) is 24.7 Å². The third kappa shape index (κ3) is 6.92. The Hall–Kier alpha value is -0.610. The van der Waals surface area contributed by atoms with E-state index in [1.165, 1.54) is 0 Å². The number of carbonyl (C=O) groups excluding carboxylic acids is 1. The molecule has 0 spiro atoms. The number of rotatable bonds is 4. The maximum Gasteiger partial charge on any atom is 0.221 e. The van der Waals surface area contributed by atoms with Crippen molar-refractivity contribution in [1.29, 1.82) is 0 Å². The summed E-state index contributed by atoms with van der Waals surface area (Å²) in [6.45, 7) is 6.37. The second kappa shape index (κ2) is 7.25. The molecule has 1 rings (SSSR count). The van der Waals surface area contributed by atoms with E-state index in [-0.39, 0.29) is 23.4 Å². The van der Waals surface area contributed by atoms with Gasteiger partial charge in [0.1, 0.15) is 0 Å². The summed E-state index contributed by atoms with van der Waals surface area (Å²) in [7, 11) is 0. The van der Waals surface area contributed by atoms with Crippen LogP contribution in [0.15, 0.2) is 0 Å². The van der Waals surface area contributed by atoms with Gasteiger partial charge in [-0.3, -0.25) is 4.79 Å². The van der Waals surface area contributed by atoms with Crippen molar-refractivity contribution in [3.05, 3.63) is 0 Å². The number of hydrogen-bond donors (Lipinski definition) is 3. The largest absolute Gasteiger partial charge is 0.391 e. The Labute approximate surface area is 117 Å². The van der Waals surface area contributed by atoms with Crippen molar-refractivity contribution >= 4 is 5.91 Å². The molecule has 1 amide bonds. The average Bonchev–Trinajstić information content (AvgIpc) is 2.41. The minimum Gasteiger partial charge on any atom is -0.391 e. The lowest BCUT2D eigenvalue weighted by atomic mass is 9.87. The molecule has 1 fully saturated rings. The van der Waals surface area contributed by atoms with Crippen LogP contribution >= 0.6 is 0 Å². The molecule has 0 aromatic heterocycles. The van der Waals surface area contributed by atoms with Gasteiger partial charge in [-0.2, -0.15) is 0 Å². The van der Waals surface area contributed by atoms with Gasteiger partial charge in [0.15, 0.2) is 0 Å². The third-order valence-corrected chi connectivity index (χ3v) is 3.65. The molecule has 0 saturated heterocycles. The van der Waals surface area contributed by atoms with E-state index in [9.17, 15) is 9.90 Å². The van der Waals surface area contributed by atoms with E-state index in [0.29, 0.717) is 6.42 Å². The van der Waals surface area contributed by atoms with Crippen LogP contribution in [0.1, 0.15) is 65.7 Å². The van der Waals surface area contributed by atoms with Crippen LogP contribution in [0.25, 0.3) is 0 Å². The molecule has 0 aromatic carbocycles. The zero-order valence-electron chi connectivity index (χ0n) is 12.6. The lowest BCUT2D eigenvalue weighted by molar-refractivity contribution is -0.123. The molecule has 1 aliphatic carbocycles. The van der Waals surface area contributed by atoms with Crippen molar-refractivity contribution in [3.8, 4) is 0 Å². The smallest absolute Gasteiger partial charge is 0.221 e. The lowest BCUT2D eigenvalue weighted by Crippen LogP contribution is -2.44. The summed E-state index contributed by atoms with van der Waals surface area (Å²) in [4.78, 5) is 12.0. The molecule has 4 nitrogen and oxygen atoms in total. The molecule has 112 valence electrons. The zero-order valence-corrected chi connectivity index (χ0v) is 12.6. The number of aliphatic hydroxyl groups excluding tert-OH is 1. The normalized spacial score (nSPS) is 26.6. The van der Waals surface area contributed by atoms with E-state index < -0.39 is 6.10 Å². The summed E-state index contributed by atoms with van der Waals surface area (Å²) in [5, 5.41) is 12.9. The molecule has 0 radical (unpaired) electrons. The lowest BCUT2D eigenvalue weighted by Gasteiger charge is -2.25. The van der Waals surface area contributed by atoms with E-state index in [0.717, 1.165) is 38.5 Å². The van der Waals surface area contributed by atoms with Gasteiger partial charge < -0.3 is 16.2 Å². The topological polar surface area (TPSA) is 75.4 Å². The number of amides is 1. The SMILES string of the molecule is CC(C)(C)CC(N)CC(=O)NC1CCCCCC1O. The second-order valence-electron chi connectivity index (χ2n) is 7.11. The first-order valence-corrected chi connectivity index (χ1v) is 7.51. The van der Waals surface area contributed by atoms with Gasteiger partial charge in [-0.25, -0.2) is 0 Å². The Kier molecular flexibility index (Phi) is 6.27. The van der Waals surface area contributed by atoms with E-state index in [4.69, 9.17) is 5.73 Å². The van der Waals surface area contributed by atoms with Crippen molar-refractivity contribution in [2.75, 3.05) is 0 Å². The summed E-state index contributed by atoms with van der Waals surface area (Å²) in [5.41, 5.74) is 6.15. The number of carbonyl (C=O) groups is 1. The summed E-state index contributed by atoms with van der Waals surface area (Å²) in [5.74, 6) is -0.0253. The number of hydrogen-bond acceptors (Lipinski definition) is 3. The predicted molar refractivity (Wildman–Crippen MR) is 77.7 cm³/mol. The van der Waals surface area contributed by atoms with Crippen LogP contribution in [-0.4, -0.2) is 29.2 Å². The Balaban J connectivity index is 2.37. The van der Waals surface area contributed by atoms with E-state index >= 15 is 0 Å². The van der Waals surface area contributed by atoms with Gasteiger partial charge in [0.25, 0.3) is 0 Å². The van der Waals surface area contributed by atoms with Crippen LogP contribution in [0.2, 0.25) is 0 Å². The number of nitrogens with one attached hydrogen (secondary N) is 1. The van der Waals surface area contributed by atoms with E-state index in [2.05, 4.69) is 26.1 Å². The standard InChI is InChI=1S/C15H30N2O2/c1-15(2,3)10-11(16)9-14(19)17-12-7-5-4-6-8-13(12)18/h11-13,18H,4-10,16H2,1-3H3,(H,17,19). The average molecular weight is 270 g/mol. The van der Waals surface area contributed by atoms with Crippen LogP contribution in [0.3, 0.4) is 0 Å². The molecule has 0 aromatic rings. The molecule has 0 bridgehead atoms. The van der Waals surface area contributed by atoms with Gasteiger partial charge in [0.2, 0.25) is 5.91 Å². The van der Waals surface area contributed by atoms with Crippen LogP contribution in [0, 0.1) is 5.41 Å². The van der Waals surface area contributed by atoms with Crippen molar-refractivity contribution in [2.45, 2.75) is 83.9 Å². The highest BCUT2D eigenvalue weighted by Gasteiger charge is 2.24. The van der Waals surface area contributed by atoms with Gasteiger partial charge in [-0.1, -0.05) is 40.0 Å². The Morgan fingerprint density at radius 1 is 1.32 bits per heavy atom. The van der Waals surface area contributed by atoms with Crippen molar-refractivity contribution < 1.29 is 9.90 Å². The molecule has 0 aliphatic heterocycles. The maximum absolute atomic E-state index is 12.0. The molecular formula is C15H30N2O2. The molecule has 3 unspecified atom stereocenters. The fourth-order valence-corrected chi connectivity index (χ4v) is 2.82. The number of nitrogens with two attached hydrogens (primary N) is 1. The maximum atomic E-state index is 12.0. The molecule has 3 atom stereocenters. The van der Waals surface area contributed by atoms with Gasteiger partial charge in [0, 0.05) is 12.5 Å². The van der Waals surface area contributed by atoms with Crippen LogP contribution in [0.4, 0.5) is 0 Å². The monoisotopic (exact) mass is 270 g/mol. The molecule has 19 heavy (non-hydrogen) atoms. The zero-order chi connectivity index (χ0) is 14.5. The molecular weight excluding hydrogens is 240 g/mol. The molecule has 1 aliphatic rings. The molecule has 0 heterocycles. The summed E-state index contributed by atoms with van der Waals surface area (Å²) < 4.78 is 0. The molecule has 4 N–H and O–H groups in total. The summed E-state index contributed by atoms with van der Waals surface area (Å²) >= 11 is 0. The van der Waals surface area contributed by atoms with Crippen molar-refractivity contribution in [2.24, 2.45) is 11.1 Å². The Morgan fingerprint density at radius 3 is 2.58 bits per heavy atom. The Morgan fingerprint density at radius 2 is 1.95 bits per heavy atom. The fraction of sp³-hybridized carbons (Fsp3) is 0.933. The van der Waals surface area contributed by atoms with Crippen molar-refractivity contribution in [1.82, 2.24) is 5.32 Å². The second-order valence-corrected chi connectivity index (χ2v) is 7.11. The van der Waals surface area contributed by atoms with Gasteiger partial charge in [-0.15, -0.1) is 0 Å². The van der Waals surface area contributed by atoms with Crippen molar-refractivity contribution in [3.63, 3.8) is 0 Å². The highest BCUT2D eigenvalue weighted by molar-refractivity contribution is 5.76. The highest BCUT2D eigenvalue weighted by Crippen LogP contribution is 2.21. The van der Waals surface area contributed by atoms with E-state index in [1.807, 2.05) is 0 Å². The molecule has 4 heteroatoms. The third-order valence-electron chi connectivity index (χ3n) is 3.65. The first kappa shape index (κ1) is 16.4. The first-order chi connectivity index (χ1) is 8.78. The highest BCUT2D eigenvalue weighted by atomic mass is 16.3. The first-order valence-electron chi connectivity index (χ1n) is 7.51.